The molecule has 1 saturated heterocycles. The molecule has 5 rings (SSSR count). The summed E-state index contributed by atoms with van der Waals surface area (Å²) in [5.74, 6) is 0.00499. The van der Waals surface area contributed by atoms with Crippen LogP contribution in [0.25, 0.3) is 16.9 Å². The fourth-order valence-electron chi connectivity index (χ4n) is 5.09. The quantitative estimate of drug-likeness (QED) is 0.334. The van der Waals surface area contributed by atoms with Crippen molar-refractivity contribution in [3.05, 3.63) is 82.9 Å². The lowest BCUT2D eigenvalue weighted by Crippen LogP contribution is -2.42. The van der Waals surface area contributed by atoms with E-state index in [0.717, 1.165) is 28.1 Å². The summed E-state index contributed by atoms with van der Waals surface area (Å²) < 4.78 is 22.9. The van der Waals surface area contributed by atoms with E-state index in [1.165, 1.54) is 12.1 Å². The minimum absolute atomic E-state index is 0.146. The van der Waals surface area contributed by atoms with E-state index in [1.807, 2.05) is 50.5 Å². The highest BCUT2D eigenvalue weighted by molar-refractivity contribution is 6.30. The molecule has 0 saturated carbocycles. The Morgan fingerprint density at radius 1 is 1.21 bits per heavy atom. The Hall–Kier alpha value is -3.73. The fraction of sp³-hybridized carbons (Fsp3) is 0.321. The normalized spacial score (nSPS) is 17.5. The number of aryl methyl sites for hydroxylation is 1. The smallest absolute Gasteiger partial charge is 0.320 e. The van der Waals surface area contributed by atoms with Crippen LogP contribution in [0, 0.1) is 12.7 Å². The van der Waals surface area contributed by atoms with Gasteiger partial charge in [-0.2, -0.15) is 10.2 Å². The molecule has 0 bridgehead atoms. The van der Waals surface area contributed by atoms with Crippen molar-refractivity contribution in [3.63, 3.8) is 0 Å². The maximum absolute atomic E-state index is 14.2. The maximum atomic E-state index is 14.2. The van der Waals surface area contributed by atoms with Gasteiger partial charge in [-0.05, 0) is 42.8 Å². The van der Waals surface area contributed by atoms with Crippen LogP contribution in [-0.2, 0) is 11.8 Å². The third-order valence-electron chi connectivity index (χ3n) is 6.97. The molecule has 3 heterocycles. The zero-order chi connectivity index (χ0) is 27.5. The van der Waals surface area contributed by atoms with Crippen LogP contribution in [0.4, 0.5) is 15.0 Å². The third-order valence-corrected chi connectivity index (χ3v) is 7.19. The largest absolute Gasteiger partial charge is 0.383 e. The van der Waals surface area contributed by atoms with Gasteiger partial charge >= 0.3 is 6.03 Å². The molecule has 2 amide bonds. The van der Waals surface area contributed by atoms with Gasteiger partial charge in [0.05, 0.1) is 24.5 Å². The lowest BCUT2D eigenvalue weighted by Gasteiger charge is -2.21. The molecule has 204 valence electrons. The van der Waals surface area contributed by atoms with Crippen molar-refractivity contribution in [1.82, 2.24) is 29.8 Å². The summed E-state index contributed by atoms with van der Waals surface area (Å²) in [6, 6.07) is 13.5. The number of likely N-dealkylation sites (tertiary alicyclic amines) is 1. The minimum Gasteiger partial charge on any atom is -0.383 e. The van der Waals surface area contributed by atoms with Gasteiger partial charge in [0.2, 0.25) is 0 Å². The van der Waals surface area contributed by atoms with Crippen LogP contribution in [0.1, 0.15) is 17.0 Å². The van der Waals surface area contributed by atoms with Gasteiger partial charge in [-0.3, -0.25) is 14.9 Å². The second-order valence-electron chi connectivity index (χ2n) is 9.74. The number of methoxy groups -OCH3 is 1. The van der Waals surface area contributed by atoms with Crippen LogP contribution in [0.5, 0.6) is 0 Å². The Bertz CT molecular complexity index is 1440. The van der Waals surface area contributed by atoms with Crippen LogP contribution < -0.4 is 10.6 Å². The van der Waals surface area contributed by atoms with Crippen molar-refractivity contribution in [2.75, 3.05) is 38.7 Å². The van der Waals surface area contributed by atoms with Gasteiger partial charge in [0.1, 0.15) is 17.3 Å². The molecule has 2 atom stereocenters. The van der Waals surface area contributed by atoms with E-state index in [9.17, 15) is 9.18 Å². The summed E-state index contributed by atoms with van der Waals surface area (Å²) in [4.78, 5) is 15.7. The number of rotatable bonds is 8. The van der Waals surface area contributed by atoms with Gasteiger partial charge in [-0.15, -0.1) is 0 Å². The van der Waals surface area contributed by atoms with Gasteiger partial charge in [-0.25, -0.2) is 13.9 Å². The molecule has 2 aromatic carbocycles. The molecule has 0 radical (unpaired) electrons. The van der Waals surface area contributed by atoms with Crippen LogP contribution in [0.15, 0.2) is 60.9 Å². The highest BCUT2D eigenvalue weighted by atomic mass is 35.5. The van der Waals surface area contributed by atoms with E-state index >= 15 is 0 Å². The molecule has 0 spiro atoms. The predicted octanol–water partition coefficient (Wildman–Crippen LogP) is 4.61. The number of hydrogen-bond acceptors (Lipinski definition) is 5. The number of halogens is 2. The molecular formula is C28H31ClFN7O2. The number of amides is 2. The SMILES string of the molecule is COCCN1CC(NC(=O)Nc2c(C)c(-c3cnn(C)c3)nn2-c2ccccc2)C(c2cc(F)cc(Cl)c2)C1. The molecule has 1 fully saturated rings. The van der Waals surface area contributed by atoms with Crippen LogP contribution in [-0.4, -0.2) is 69.9 Å². The van der Waals surface area contributed by atoms with E-state index in [2.05, 4.69) is 20.6 Å². The van der Waals surface area contributed by atoms with E-state index < -0.39 is 5.82 Å². The van der Waals surface area contributed by atoms with Crippen molar-refractivity contribution >= 4 is 23.4 Å². The fourth-order valence-corrected chi connectivity index (χ4v) is 5.32. The highest BCUT2D eigenvalue weighted by Crippen LogP contribution is 2.32. The maximum Gasteiger partial charge on any atom is 0.320 e. The number of para-hydroxylation sites is 1. The molecule has 4 aromatic rings. The predicted molar refractivity (Wildman–Crippen MR) is 149 cm³/mol. The third kappa shape index (κ3) is 5.98. The summed E-state index contributed by atoms with van der Waals surface area (Å²) >= 11 is 6.17. The Labute approximate surface area is 231 Å². The number of carbonyl (C=O) groups excluding carboxylic acids is 1. The van der Waals surface area contributed by atoms with Crippen LogP contribution in [0.3, 0.4) is 0 Å². The minimum atomic E-state index is -0.402. The van der Waals surface area contributed by atoms with Gasteiger partial charge in [0, 0.05) is 62.1 Å². The Kier molecular flexibility index (Phi) is 7.97. The lowest BCUT2D eigenvalue weighted by molar-refractivity contribution is 0.159. The second-order valence-corrected chi connectivity index (χ2v) is 10.2. The first-order valence-electron chi connectivity index (χ1n) is 12.7. The zero-order valence-corrected chi connectivity index (χ0v) is 22.8. The summed E-state index contributed by atoms with van der Waals surface area (Å²) in [6.07, 6.45) is 3.63. The molecular weight excluding hydrogens is 521 g/mol. The summed E-state index contributed by atoms with van der Waals surface area (Å²) in [5, 5.41) is 15.6. The lowest BCUT2D eigenvalue weighted by atomic mass is 9.94. The first kappa shape index (κ1) is 26.9. The molecule has 9 nitrogen and oxygen atoms in total. The monoisotopic (exact) mass is 551 g/mol. The van der Waals surface area contributed by atoms with E-state index in [-0.39, 0.29) is 18.0 Å². The van der Waals surface area contributed by atoms with E-state index in [1.54, 1.807) is 28.7 Å². The number of nitrogens with zero attached hydrogens (tertiary/aromatic N) is 5. The number of benzene rings is 2. The van der Waals surface area contributed by atoms with Crippen molar-refractivity contribution in [3.8, 4) is 16.9 Å². The van der Waals surface area contributed by atoms with Crippen molar-refractivity contribution in [2.24, 2.45) is 7.05 Å². The molecule has 1 aliphatic heterocycles. The van der Waals surface area contributed by atoms with Crippen molar-refractivity contribution < 1.29 is 13.9 Å². The van der Waals surface area contributed by atoms with Gasteiger partial charge in [-0.1, -0.05) is 29.8 Å². The number of urea groups is 1. The number of anilines is 1. The molecule has 2 aromatic heterocycles. The van der Waals surface area contributed by atoms with Gasteiger partial charge in [0.15, 0.2) is 0 Å². The molecule has 1 aliphatic rings. The number of hydrogen-bond donors (Lipinski definition) is 2. The van der Waals surface area contributed by atoms with Crippen LogP contribution >= 0.6 is 11.6 Å². The molecule has 2 N–H and O–H groups in total. The number of ether oxygens (including phenoxy) is 1. The number of aromatic nitrogens is 4. The average molecular weight is 552 g/mol. The van der Waals surface area contributed by atoms with Crippen LogP contribution in [0.2, 0.25) is 5.02 Å². The molecule has 0 aliphatic carbocycles. The topological polar surface area (TPSA) is 89.2 Å². The molecule has 2 unspecified atom stereocenters. The number of carbonyl (C=O) groups is 1. The van der Waals surface area contributed by atoms with Gasteiger partial charge in [0.25, 0.3) is 0 Å². The zero-order valence-electron chi connectivity index (χ0n) is 22.1. The average Bonchev–Trinajstić information content (AvgIpc) is 3.60. The first-order valence-corrected chi connectivity index (χ1v) is 13.1. The van der Waals surface area contributed by atoms with Crippen molar-refractivity contribution in [2.45, 2.75) is 18.9 Å². The second kappa shape index (κ2) is 11.6. The molecule has 11 heteroatoms. The Morgan fingerprint density at radius 3 is 2.69 bits per heavy atom. The number of nitrogens with one attached hydrogen (secondary N) is 2. The first-order chi connectivity index (χ1) is 18.8. The summed E-state index contributed by atoms with van der Waals surface area (Å²) in [6.45, 7) is 4.41. The van der Waals surface area contributed by atoms with E-state index in [4.69, 9.17) is 21.4 Å². The highest BCUT2D eigenvalue weighted by Gasteiger charge is 2.35. The Morgan fingerprint density at radius 2 is 2.00 bits per heavy atom. The van der Waals surface area contributed by atoms with Gasteiger partial charge < -0.3 is 10.1 Å². The summed E-state index contributed by atoms with van der Waals surface area (Å²) in [5.41, 5.74) is 3.94. The summed E-state index contributed by atoms with van der Waals surface area (Å²) in [7, 11) is 3.50. The standard InChI is InChI=1S/C28H31ClFN7O2/c1-18-26(20-14-31-35(2)15-20)34-37(23-7-5-4-6-8-23)27(18)33-28(38)32-25-17-36(9-10-39-3)16-24(25)19-11-21(29)13-22(30)12-19/h4-8,11-15,24-25H,9-10,16-17H2,1-3H3,(H2,32,33,38). The molecule has 39 heavy (non-hydrogen) atoms. The Balaban J connectivity index is 1.42. The van der Waals surface area contributed by atoms with E-state index in [0.29, 0.717) is 37.1 Å². The van der Waals surface area contributed by atoms with Crippen molar-refractivity contribution in [1.29, 1.82) is 0 Å².